The summed E-state index contributed by atoms with van der Waals surface area (Å²) < 4.78 is 13.7. The Morgan fingerprint density at radius 1 is 1.30 bits per heavy atom. The summed E-state index contributed by atoms with van der Waals surface area (Å²) in [6.07, 6.45) is 0. The van der Waals surface area contributed by atoms with Gasteiger partial charge in [0.1, 0.15) is 5.82 Å². The van der Waals surface area contributed by atoms with E-state index in [9.17, 15) is 9.18 Å². The molecule has 2 rings (SSSR count). The third-order valence-corrected chi connectivity index (χ3v) is 3.76. The van der Waals surface area contributed by atoms with E-state index >= 15 is 0 Å². The fraction of sp³-hybridized carbons (Fsp3) is 0. The lowest BCUT2D eigenvalue weighted by Crippen LogP contribution is -2.14. The summed E-state index contributed by atoms with van der Waals surface area (Å²) in [6.45, 7) is 0. The van der Waals surface area contributed by atoms with E-state index in [0.29, 0.717) is 20.6 Å². The first-order valence-electron chi connectivity index (χ1n) is 5.49. The van der Waals surface area contributed by atoms with Crippen LogP contribution in [0.5, 0.6) is 0 Å². The van der Waals surface area contributed by atoms with Crippen molar-refractivity contribution >= 4 is 57.2 Å². The number of anilines is 3. The highest BCUT2D eigenvalue weighted by molar-refractivity contribution is 14.1. The summed E-state index contributed by atoms with van der Waals surface area (Å²) in [5, 5.41) is 3.25. The lowest BCUT2D eigenvalue weighted by Gasteiger charge is -2.14. The monoisotopic (exact) mass is 405 g/mol. The van der Waals surface area contributed by atoms with Gasteiger partial charge in [-0.3, -0.25) is 4.79 Å². The van der Waals surface area contributed by atoms with E-state index < -0.39 is 5.91 Å². The van der Waals surface area contributed by atoms with E-state index in [1.54, 1.807) is 6.07 Å². The zero-order valence-electron chi connectivity index (χ0n) is 10.1. The summed E-state index contributed by atoms with van der Waals surface area (Å²) in [5.41, 5.74) is 12.4. The average molecular weight is 406 g/mol. The van der Waals surface area contributed by atoms with Gasteiger partial charge in [0.15, 0.2) is 0 Å². The Bertz CT molecular complexity index is 694. The standard InChI is InChI=1S/C13H10ClFIN3O/c14-9-5-7(17)4-8(13(18)20)12(9)19-11-2-1-6(15)3-10(11)16/h1-5,19H,17H2,(H2,18,20). The normalized spacial score (nSPS) is 10.3. The maximum Gasteiger partial charge on any atom is 0.250 e. The van der Waals surface area contributed by atoms with Crippen molar-refractivity contribution in [2.75, 3.05) is 11.1 Å². The Kier molecular flexibility index (Phi) is 4.34. The van der Waals surface area contributed by atoms with Crippen molar-refractivity contribution in [3.8, 4) is 0 Å². The molecule has 0 saturated carbocycles. The maximum atomic E-state index is 13.1. The third-order valence-electron chi connectivity index (χ3n) is 2.57. The van der Waals surface area contributed by atoms with Gasteiger partial charge in [-0.2, -0.15) is 0 Å². The number of benzene rings is 2. The first kappa shape index (κ1) is 14.9. The van der Waals surface area contributed by atoms with Gasteiger partial charge in [0.2, 0.25) is 0 Å². The van der Waals surface area contributed by atoms with E-state index in [1.165, 1.54) is 24.3 Å². The van der Waals surface area contributed by atoms with Crippen LogP contribution in [0.15, 0.2) is 30.3 Å². The Morgan fingerprint density at radius 3 is 2.60 bits per heavy atom. The van der Waals surface area contributed by atoms with E-state index in [1.807, 2.05) is 22.6 Å². The molecule has 7 heteroatoms. The number of carbonyl (C=O) groups is 1. The van der Waals surface area contributed by atoms with Gasteiger partial charge in [0, 0.05) is 9.26 Å². The molecule has 0 atom stereocenters. The minimum atomic E-state index is -0.654. The lowest BCUT2D eigenvalue weighted by atomic mass is 10.1. The van der Waals surface area contributed by atoms with Crippen LogP contribution < -0.4 is 16.8 Å². The third kappa shape index (κ3) is 3.13. The molecule has 0 spiro atoms. The van der Waals surface area contributed by atoms with Crippen molar-refractivity contribution < 1.29 is 9.18 Å². The highest BCUT2D eigenvalue weighted by Crippen LogP contribution is 2.33. The molecule has 0 aliphatic carbocycles. The number of nitrogens with two attached hydrogens (primary N) is 2. The number of nitrogens with one attached hydrogen (secondary N) is 1. The molecule has 0 unspecified atom stereocenters. The number of hydrogen-bond donors (Lipinski definition) is 3. The number of carbonyl (C=O) groups excluding carboxylic acids is 1. The number of amides is 1. The van der Waals surface area contributed by atoms with Crippen LogP contribution in [0.3, 0.4) is 0 Å². The van der Waals surface area contributed by atoms with Crippen LogP contribution in [0.2, 0.25) is 5.02 Å². The van der Waals surface area contributed by atoms with Crippen LogP contribution in [0.25, 0.3) is 0 Å². The molecule has 0 aliphatic rings. The molecule has 0 bridgehead atoms. The molecule has 104 valence electrons. The Morgan fingerprint density at radius 2 is 2.00 bits per heavy atom. The Hall–Kier alpha value is -1.54. The zero-order chi connectivity index (χ0) is 14.9. The van der Waals surface area contributed by atoms with E-state index in [4.69, 9.17) is 23.1 Å². The SMILES string of the molecule is NC(=O)c1cc(N)cc(Cl)c1Nc1ccc(F)cc1I. The van der Waals surface area contributed by atoms with Crippen LogP contribution in [0.4, 0.5) is 21.5 Å². The second-order valence-corrected chi connectivity index (χ2v) is 5.61. The molecule has 20 heavy (non-hydrogen) atoms. The van der Waals surface area contributed by atoms with Crippen LogP contribution in [-0.2, 0) is 0 Å². The van der Waals surface area contributed by atoms with Crippen LogP contribution in [0.1, 0.15) is 10.4 Å². The molecule has 2 aromatic rings. The highest BCUT2D eigenvalue weighted by atomic mass is 127. The highest BCUT2D eigenvalue weighted by Gasteiger charge is 2.14. The van der Waals surface area contributed by atoms with Gasteiger partial charge in [-0.15, -0.1) is 0 Å². The maximum absolute atomic E-state index is 13.1. The molecular weight excluding hydrogens is 396 g/mol. The molecule has 0 radical (unpaired) electrons. The second kappa shape index (κ2) is 5.84. The molecule has 5 N–H and O–H groups in total. The number of rotatable bonds is 3. The molecular formula is C13H10ClFIN3O. The van der Waals surface area contributed by atoms with Crippen LogP contribution in [0, 0.1) is 9.39 Å². The smallest absolute Gasteiger partial charge is 0.250 e. The summed E-state index contributed by atoms with van der Waals surface area (Å²) >= 11 is 8.06. The fourth-order valence-corrected chi connectivity index (χ4v) is 2.56. The molecule has 0 heterocycles. The van der Waals surface area contributed by atoms with Crippen LogP contribution >= 0.6 is 34.2 Å². The van der Waals surface area contributed by atoms with Gasteiger partial charge in [-0.1, -0.05) is 11.6 Å². The average Bonchev–Trinajstić information content (AvgIpc) is 2.34. The minimum absolute atomic E-state index is 0.176. The van der Waals surface area contributed by atoms with Gasteiger partial charge in [0.05, 0.1) is 22.0 Å². The molecule has 0 fully saturated rings. The Balaban J connectivity index is 2.50. The van der Waals surface area contributed by atoms with Crippen molar-refractivity contribution in [2.45, 2.75) is 0 Å². The number of halogens is 3. The number of primary amides is 1. The van der Waals surface area contributed by atoms with Gasteiger partial charge >= 0.3 is 0 Å². The molecule has 2 aromatic carbocycles. The largest absolute Gasteiger partial charge is 0.399 e. The first-order chi connectivity index (χ1) is 9.38. The quantitative estimate of drug-likeness (QED) is 0.540. The van der Waals surface area contributed by atoms with E-state index in [0.717, 1.165) is 0 Å². The fourth-order valence-electron chi connectivity index (χ4n) is 1.67. The Labute approximate surface area is 133 Å². The lowest BCUT2D eigenvalue weighted by molar-refractivity contribution is 0.100. The van der Waals surface area contributed by atoms with Gasteiger partial charge < -0.3 is 16.8 Å². The van der Waals surface area contributed by atoms with Crippen LogP contribution in [-0.4, -0.2) is 5.91 Å². The van der Waals surface area contributed by atoms with Crippen molar-refractivity contribution in [1.29, 1.82) is 0 Å². The molecule has 0 aromatic heterocycles. The van der Waals surface area contributed by atoms with E-state index in [-0.39, 0.29) is 16.4 Å². The summed E-state index contributed by atoms with van der Waals surface area (Å²) in [5.74, 6) is -1.00. The predicted octanol–water partition coefficient (Wildman–Crippen LogP) is 3.51. The van der Waals surface area contributed by atoms with E-state index in [2.05, 4.69) is 5.32 Å². The number of hydrogen-bond acceptors (Lipinski definition) is 3. The van der Waals surface area contributed by atoms with Crippen molar-refractivity contribution in [1.82, 2.24) is 0 Å². The summed E-state index contributed by atoms with van der Waals surface area (Å²) in [7, 11) is 0. The molecule has 4 nitrogen and oxygen atoms in total. The topological polar surface area (TPSA) is 81.1 Å². The summed E-state index contributed by atoms with van der Waals surface area (Å²) in [6, 6.07) is 7.16. The van der Waals surface area contributed by atoms with Crippen molar-refractivity contribution in [3.05, 3.63) is 50.3 Å². The zero-order valence-corrected chi connectivity index (χ0v) is 13.0. The second-order valence-electron chi connectivity index (χ2n) is 4.04. The van der Waals surface area contributed by atoms with Gasteiger partial charge in [0.25, 0.3) is 5.91 Å². The first-order valence-corrected chi connectivity index (χ1v) is 6.95. The molecule has 1 amide bonds. The van der Waals surface area contributed by atoms with Gasteiger partial charge in [-0.05, 0) is 52.9 Å². The summed E-state index contributed by atoms with van der Waals surface area (Å²) in [4.78, 5) is 11.5. The van der Waals surface area contributed by atoms with Crippen molar-refractivity contribution in [2.24, 2.45) is 5.73 Å². The van der Waals surface area contributed by atoms with Gasteiger partial charge in [-0.25, -0.2) is 4.39 Å². The van der Waals surface area contributed by atoms with Crippen molar-refractivity contribution in [3.63, 3.8) is 0 Å². The minimum Gasteiger partial charge on any atom is -0.399 e. The molecule has 0 saturated heterocycles. The predicted molar refractivity (Wildman–Crippen MR) is 86.8 cm³/mol. The number of nitrogen functional groups attached to an aromatic ring is 1. The molecule has 0 aliphatic heterocycles.